The van der Waals surface area contributed by atoms with Crippen LogP contribution in [0.1, 0.15) is 38.9 Å². The van der Waals surface area contributed by atoms with Gasteiger partial charge >= 0.3 is 0 Å². The van der Waals surface area contributed by atoms with Crippen molar-refractivity contribution < 1.29 is 14.3 Å². The first-order valence-electron chi connectivity index (χ1n) is 6.43. The molecule has 0 saturated carbocycles. The Morgan fingerprint density at radius 3 is 2.89 bits per heavy atom. The zero-order valence-electron chi connectivity index (χ0n) is 11.2. The van der Waals surface area contributed by atoms with Crippen LogP contribution in [0.3, 0.4) is 0 Å². The van der Waals surface area contributed by atoms with Crippen molar-refractivity contribution >= 4 is 5.91 Å². The van der Waals surface area contributed by atoms with Gasteiger partial charge in [0.2, 0.25) is 5.91 Å². The minimum absolute atomic E-state index is 0.0308. The molecule has 102 valence electrons. The van der Waals surface area contributed by atoms with Crippen LogP contribution in [-0.2, 0) is 11.2 Å². The summed E-state index contributed by atoms with van der Waals surface area (Å²) >= 11 is 0. The van der Waals surface area contributed by atoms with Crippen LogP contribution in [-0.4, -0.2) is 24.2 Å². The number of aliphatic hydroxyl groups is 1. The van der Waals surface area contributed by atoms with Gasteiger partial charge < -0.3 is 14.8 Å². The number of aryl methyl sites for hydroxylation is 1. The molecule has 18 heavy (non-hydrogen) atoms. The fourth-order valence-corrected chi connectivity index (χ4v) is 1.76. The minimum Gasteiger partial charge on any atom is -0.469 e. The molecule has 0 spiro atoms. The smallest absolute Gasteiger partial charge is 0.220 e. The quantitative estimate of drug-likeness (QED) is 0.746. The first-order chi connectivity index (χ1) is 8.53. The number of carbonyl (C=O) groups excluding carboxylic acids is 1. The maximum atomic E-state index is 11.7. The fraction of sp³-hybridized carbons (Fsp3) is 0.643. The molecule has 2 N–H and O–H groups in total. The van der Waals surface area contributed by atoms with Crippen LogP contribution < -0.4 is 5.32 Å². The summed E-state index contributed by atoms with van der Waals surface area (Å²) in [6.07, 6.45) is 4.38. The zero-order chi connectivity index (χ0) is 13.4. The molecule has 0 aliphatic carbocycles. The largest absolute Gasteiger partial charge is 0.469 e. The molecule has 0 fully saturated rings. The zero-order valence-corrected chi connectivity index (χ0v) is 11.2. The molecule has 4 heteroatoms. The molecule has 0 unspecified atom stereocenters. The maximum absolute atomic E-state index is 11.7. The first kappa shape index (κ1) is 14.8. The van der Waals surface area contributed by atoms with E-state index in [1.165, 1.54) is 0 Å². The molecular weight excluding hydrogens is 230 g/mol. The fourth-order valence-electron chi connectivity index (χ4n) is 1.76. The lowest BCUT2D eigenvalue weighted by atomic mass is 9.88. The second-order valence-corrected chi connectivity index (χ2v) is 5.35. The number of hydrogen-bond donors (Lipinski definition) is 2. The Hall–Kier alpha value is -1.29. The van der Waals surface area contributed by atoms with Crippen LogP contribution in [0.25, 0.3) is 0 Å². The second-order valence-electron chi connectivity index (χ2n) is 5.35. The van der Waals surface area contributed by atoms with Gasteiger partial charge in [-0.3, -0.25) is 4.79 Å². The summed E-state index contributed by atoms with van der Waals surface area (Å²) in [7, 11) is 0. The van der Waals surface area contributed by atoms with Crippen LogP contribution in [0, 0.1) is 5.41 Å². The molecule has 0 bridgehead atoms. The van der Waals surface area contributed by atoms with E-state index >= 15 is 0 Å². The Kier molecular flexibility index (Phi) is 5.92. The molecule has 0 radical (unpaired) electrons. The van der Waals surface area contributed by atoms with Crippen molar-refractivity contribution in [2.75, 3.05) is 13.2 Å². The van der Waals surface area contributed by atoms with Gasteiger partial charge in [0, 0.05) is 26.0 Å². The number of aliphatic hydroxyl groups excluding tert-OH is 1. The number of carbonyl (C=O) groups is 1. The molecule has 1 aromatic rings. The van der Waals surface area contributed by atoms with Crippen molar-refractivity contribution in [3.63, 3.8) is 0 Å². The molecule has 1 rings (SSSR count). The van der Waals surface area contributed by atoms with Crippen molar-refractivity contribution in [2.45, 2.75) is 39.5 Å². The lowest BCUT2D eigenvalue weighted by molar-refractivity contribution is -0.121. The van der Waals surface area contributed by atoms with E-state index in [2.05, 4.69) is 19.2 Å². The predicted molar refractivity (Wildman–Crippen MR) is 70.1 cm³/mol. The average molecular weight is 253 g/mol. The van der Waals surface area contributed by atoms with E-state index in [1.54, 1.807) is 6.26 Å². The van der Waals surface area contributed by atoms with Gasteiger partial charge in [0.05, 0.1) is 6.26 Å². The van der Waals surface area contributed by atoms with E-state index in [9.17, 15) is 4.79 Å². The predicted octanol–water partition coefficient (Wildman–Crippen LogP) is 2.13. The topological polar surface area (TPSA) is 62.5 Å². The van der Waals surface area contributed by atoms with Crippen molar-refractivity contribution in [1.29, 1.82) is 0 Å². The lowest BCUT2D eigenvalue weighted by Gasteiger charge is -2.24. The van der Waals surface area contributed by atoms with E-state index < -0.39 is 0 Å². The molecule has 1 aromatic heterocycles. The lowest BCUT2D eigenvalue weighted by Crippen LogP contribution is -2.34. The monoisotopic (exact) mass is 253 g/mol. The third-order valence-corrected chi connectivity index (χ3v) is 2.95. The number of amides is 1. The van der Waals surface area contributed by atoms with Gasteiger partial charge in [0.1, 0.15) is 5.76 Å². The van der Waals surface area contributed by atoms with Crippen LogP contribution in [0.5, 0.6) is 0 Å². The summed E-state index contributed by atoms with van der Waals surface area (Å²) in [6.45, 7) is 5.03. The Bertz CT molecular complexity index is 344. The van der Waals surface area contributed by atoms with Gasteiger partial charge in [-0.1, -0.05) is 13.8 Å². The highest BCUT2D eigenvalue weighted by Gasteiger charge is 2.18. The molecule has 1 amide bonds. The third-order valence-electron chi connectivity index (χ3n) is 2.95. The van der Waals surface area contributed by atoms with Gasteiger partial charge in [-0.2, -0.15) is 0 Å². The Morgan fingerprint density at radius 2 is 2.28 bits per heavy atom. The molecule has 4 nitrogen and oxygen atoms in total. The van der Waals surface area contributed by atoms with Crippen LogP contribution >= 0.6 is 0 Å². The number of nitrogens with one attached hydrogen (secondary N) is 1. The highest BCUT2D eigenvalue weighted by Crippen LogP contribution is 2.20. The highest BCUT2D eigenvalue weighted by molar-refractivity contribution is 5.76. The molecule has 0 aromatic carbocycles. The number of furan rings is 1. The summed E-state index contributed by atoms with van der Waals surface area (Å²) in [6, 6.07) is 3.70. The molecule has 1 heterocycles. The molecular formula is C14H23NO3. The average Bonchev–Trinajstić information content (AvgIpc) is 2.84. The summed E-state index contributed by atoms with van der Waals surface area (Å²) in [4.78, 5) is 11.7. The van der Waals surface area contributed by atoms with Crippen LogP contribution in [0.15, 0.2) is 22.8 Å². The molecule has 0 aliphatic heterocycles. The molecule has 0 saturated heterocycles. The van der Waals surface area contributed by atoms with Crippen molar-refractivity contribution in [2.24, 2.45) is 5.41 Å². The summed E-state index contributed by atoms with van der Waals surface area (Å²) in [5.41, 5.74) is 0.0308. The number of rotatable bonds is 8. The molecule has 0 aliphatic rings. The first-order valence-corrected chi connectivity index (χ1v) is 6.43. The van der Waals surface area contributed by atoms with Crippen LogP contribution in [0.2, 0.25) is 0 Å². The van der Waals surface area contributed by atoms with E-state index in [0.717, 1.165) is 18.6 Å². The van der Waals surface area contributed by atoms with Gasteiger partial charge in [0.15, 0.2) is 0 Å². The van der Waals surface area contributed by atoms with Gasteiger partial charge in [0.25, 0.3) is 0 Å². The summed E-state index contributed by atoms with van der Waals surface area (Å²) in [5, 5.41) is 11.7. The maximum Gasteiger partial charge on any atom is 0.220 e. The second kappa shape index (κ2) is 7.21. The van der Waals surface area contributed by atoms with E-state index in [1.807, 2.05) is 12.1 Å². The number of hydrogen-bond acceptors (Lipinski definition) is 3. The minimum atomic E-state index is 0.0308. The van der Waals surface area contributed by atoms with Crippen molar-refractivity contribution in [3.05, 3.63) is 24.2 Å². The van der Waals surface area contributed by atoms with Gasteiger partial charge in [-0.15, -0.1) is 0 Å². The SMILES string of the molecule is CC(C)(CCCO)CNC(=O)CCc1ccco1. The third kappa shape index (κ3) is 5.87. The van der Waals surface area contributed by atoms with Gasteiger partial charge in [-0.25, -0.2) is 0 Å². The standard InChI is InChI=1S/C14H23NO3/c1-14(2,8-4-9-16)11-15-13(17)7-6-12-5-3-10-18-12/h3,5,10,16H,4,6-9,11H2,1-2H3,(H,15,17). The Morgan fingerprint density at radius 1 is 1.50 bits per heavy atom. The normalized spacial score (nSPS) is 11.5. The van der Waals surface area contributed by atoms with Crippen molar-refractivity contribution in [3.8, 4) is 0 Å². The van der Waals surface area contributed by atoms with Crippen LogP contribution in [0.4, 0.5) is 0 Å². The summed E-state index contributed by atoms with van der Waals surface area (Å²) in [5.74, 6) is 0.883. The highest BCUT2D eigenvalue weighted by atomic mass is 16.3. The van der Waals surface area contributed by atoms with E-state index in [4.69, 9.17) is 9.52 Å². The Labute approximate surface area is 108 Å². The Balaban J connectivity index is 2.20. The molecule has 0 atom stereocenters. The van der Waals surface area contributed by atoms with E-state index in [0.29, 0.717) is 19.4 Å². The van der Waals surface area contributed by atoms with Crippen molar-refractivity contribution in [1.82, 2.24) is 5.32 Å². The van der Waals surface area contributed by atoms with Gasteiger partial charge in [-0.05, 0) is 30.4 Å². The van der Waals surface area contributed by atoms with E-state index in [-0.39, 0.29) is 17.9 Å². The summed E-state index contributed by atoms with van der Waals surface area (Å²) < 4.78 is 5.17.